The summed E-state index contributed by atoms with van der Waals surface area (Å²) in [5.74, 6) is -5.08. The lowest BCUT2D eigenvalue weighted by molar-refractivity contribution is -0.230. The minimum absolute atomic E-state index is 0.00565. The standard InChI is InChI=1S/C43H71N7O18/c1-41(2,3)68-40(58)50-23(32-34-36(38(60-9)62-32)66-42(4,5)64-34)21-30(56)48-19-14-28(54)46-17-12-26(52)44-16-11-25(51)45-18-13-27(53)47-20-15-29(55)49-24(22-31(57)59-8)33-35-37(39(61-10)63-33)67-43(6,7)65-35/h23-24,32-39H,11-22H2,1-10H3,(H,44,52)(H,45,51)(H,46,54)(H,47,53)(H,48,56)(H,49,55)(H,50,58)/t23-,24-,32-,33-,34+,35+,36+,37+,38+,39+/m1/s1. The van der Waals surface area contributed by atoms with Gasteiger partial charge in [0.2, 0.25) is 35.4 Å². The minimum Gasteiger partial charge on any atom is -0.469 e. The summed E-state index contributed by atoms with van der Waals surface area (Å²) in [6.45, 7) is 12.0. The first kappa shape index (κ1) is 55.8. The van der Waals surface area contributed by atoms with E-state index in [4.69, 9.17) is 47.4 Å². The number of rotatable bonds is 25. The zero-order valence-electron chi connectivity index (χ0n) is 40.6. The van der Waals surface area contributed by atoms with Crippen molar-refractivity contribution in [1.29, 1.82) is 0 Å². The Kier molecular flexibility index (Phi) is 20.7. The molecule has 0 aromatic heterocycles. The monoisotopic (exact) mass is 973 g/mol. The van der Waals surface area contributed by atoms with E-state index in [0.29, 0.717) is 0 Å². The van der Waals surface area contributed by atoms with Crippen molar-refractivity contribution in [2.24, 2.45) is 0 Å². The molecule has 4 rings (SSSR count). The Morgan fingerprint density at radius 1 is 0.500 bits per heavy atom. The molecule has 25 nitrogen and oxygen atoms in total. The Labute approximate surface area is 395 Å². The maximum absolute atomic E-state index is 13.0. The average molecular weight is 974 g/mol. The third-order valence-electron chi connectivity index (χ3n) is 10.8. The van der Waals surface area contributed by atoms with Gasteiger partial charge in [-0.1, -0.05) is 0 Å². The van der Waals surface area contributed by atoms with E-state index in [1.54, 1.807) is 48.5 Å². The van der Waals surface area contributed by atoms with E-state index in [1.165, 1.54) is 21.3 Å². The Morgan fingerprint density at radius 2 is 0.853 bits per heavy atom. The van der Waals surface area contributed by atoms with Gasteiger partial charge in [-0.15, -0.1) is 0 Å². The Balaban J connectivity index is 1.06. The summed E-state index contributed by atoms with van der Waals surface area (Å²) in [6, 6.07) is -1.75. The number of ether oxygens (including phenoxy) is 10. The molecular formula is C43H71N7O18. The van der Waals surface area contributed by atoms with E-state index in [2.05, 4.69) is 37.2 Å². The number of carbonyl (C=O) groups is 8. The summed E-state index contributed by atoms with van der Waals surface area (Å²) in [7, 11) is 4.12. The van der Waals surface area contributed by atoms with Crippen LogP contribution < -0.4 is 37.2 Å². The van der Waals surface area contributed by atoms with Gasteiger partial charge < -0.3 is 84.6 Å². The van der Waals surface area contributed by atoms with Gasteiger partial charge in [-0.05, 0) is 48.5 Å². The SMILES string of the molecule is COC(=O)C[C@@H](NC(=O)CCNC(=O)CCNC(=O)CCNC(=O)CCNC(=O)CCNC(=O)C[C@@H](NC(=O)OC(C)(C)C)[C@H]1O[C@H](OC)[C@H]2OC(C)(C)O[C@H]21)[C@H]1O[C@H](OC)[C@H]2OC(C)(C)O[C@H]21. The Bertz CT molecular complexity index is 1780. The van der Waals surface area contributed by atoms with Crippen LogP contribution in [0.5, 0.6) is 0 Å². The van der Waals surface area contributed by atoms with Crippen molar-refractivity contribution < 1.29 is 85.7 Å². The lowest BCUT2D eigenvalue weighted by Crippen LogP contribution is -2.52. The number of carbonyl (C=O) groups excluding carboxylic acids is 8. The highest BCUT2D eigenvalue weighted by Crippen LogP contribution is 2.41. The first-order chi connectivity index (χ1) is 31.9. The topological polar surface area (TPSA) is 313 Å². The molecule has 0 bridgehead atoms. The van der Waals surface area contributed by atoms with Gasteiger partial charge in [0.15, 0.2) is 24.2 Å². The molecule has 7 amide bonds. The van der Waals surface area contributed by atoms with E-state index in [-0.39, 0.29) is 77.7 Å². The highest BCUT2D eigenvalue weighted by Gasteiger charge is 2.59. The van der Waals surface area contributed by atoms with Crippen molar-refractivity contribution in [1.82, 2.24) is 37.2 Å². The lowest BCUT2D eigenvalue weighted by Gasteiger charge is -2.30. The number of fused-ring (bicyclic) bond motifs is 2. The number of hydrogen-bond donors (Lipinski definition) is 7. The number of hydrogen-bond acceptors (Lipinski definition) is 18. The van der Waals surface area contributed by atoms with E-state index in [9.17, 15) is 38.4 Å². The molecule has 4 aliphatic heterocycles. The third kappa shape index (κ3) is 17.6. The van der Waals surface area contributed by atoms with Gasteiger partial charge in [0, 0.05) is 85.5 Å². The highest BCUT2D eigenvalue weighted by molar-refractivity contribution is 5.82. The molecule has 0 aromatic carbocycles. The van der Waals surface area contributed by atoms with Crippen LogP contribution in [0.1, 0.15) is 93.4 Å². The summed E-state index contributed by atoms with van der Waals surface area (Å²) < 4.78 is 56.9. The average Bonchev–Trinajstić information content (AvgIpc) is 3.94. The molecule has 25 heteroatoms. The number of methoxy groups -OCH3 is 3. The second-order valence-electron chi connectivity index (χ2n) is 18.4. The zero-order chi connectivity index (χ0) is 50.4. The highest BCUT2D eigenvalue weighted by atomic mass is 16.8. The largest absolute Gasteiger partial charge is 0.469 e. The maximum atomic E-state index is 13.0. The lowest BCUT2D eigenvalue weighted by atomic mass is 10.0. The number of amides is 7. The molecule has 0 aliphatic carbocycles. The Morgan fingerprint density at radius 3 is 1.22 bits per heavy atom. The van der Waals surface area contributed by atoms with Gasteiger partial charge in [0.05, 0.1) is 25.6 Å². The van der Waals surface area contributed by atoms with E-state index in [0.717, 1.165) is 0 Å². The summed E-state index contributed by atoms with van der Waals surface area (Å²) in [4.78, 5) is 100. The fourth-order valence-corrected chi connectivity index (χ4v) is 7.91. The fraction of sp³-hybridized carbons (Fsp3) is 0.814. The molecule has 0 radical (unpaired) electrons. The molecule has 0 aromatic rings. The van der Waals surface area contributed by atoms with Crippen molar-refractivity contribution >= 4 is 47.5 Å². The van der Waals surface area contributed by atoms with Gasteiger partial charge in [-0.25, -0.2) is 4.79 Å². The third-order valence-corrected chi connectivity index (χ3v) is 10.8. The van der Waals surface area contributed by atoms with Crippen molar-refractivity contribution in [3.8, 4) is 0 Å². The van der Waals surface area contributed by atoms with Gasteiger partial charge in [0.1, 0.15) is 42.2 Å². The molecule has 4 fully saturated rings. The number of esters is 1. The maximum Gasteiger partial charge on any atom is 0.407 e. The predicted octanol–water partition coefficient (Wildman–Crippen LogP) is -1.37. The van der Waals surface area contributed by atoms with Crippen LogP contribution in [0, 0.1) is 0 Å². The predicted molar refractivity (Wildman–Crippen MR) is 233 cm³/mol. The molecule has 0 unspecified atom stereocenters. The molecular weight excluding hydrogens is 903 g/mol. The van der Waals surface area contributed by atoms with Crippen LogP contribution in [0.4, 0.5) is 4.79 Å². The molecule has 0 spiro atoms. The fourth-order valence-electron chi connectivity index (χ4n) is 7.91. The van der Waals surface area contributed by atoms with Gasteiger partial charge in [-0.2, -0.15) is 0 Å². The second kappa shape index (κ2) is 25.2. The first-order valence-electron chi connectivity index (χ1n) is 22.7. The molecule has 10 atom stereocenters. The van der Waals surface area contributed by atoms with Crippen LogP contribution in [0.3, 0.4) is 0 Å². The van der Waals surface area contributed by atoms with Crippen molar-refractivity contribution in [3.63, 3.8) is 0 Å². The second-order valence-corrected chi connectivity index (χ2v) is 18.4. The van der Waals surface area contributed by atoms with Crippen molar-refractivity contribution in [3.05, 3.63) is 0 Å². The summed E-state index contributed by atoms with van der Waals surface area (Å²) in [5.41, 5.74) is -0.807. The molecule has 0 saturated carbocycles. The van der Waals surface area contributed by atoms with Crippen LogP contribution in [-0.4, -0.2) is 180 Å². The smallest absolute Gasteiger partial charge is 0.407 e. The van der Waals surface area contributed by atoms with Crippen LogP contribution >= 0.6 is 0 Å². The van der Waals surface area contributed by atoms with Crippen molar-refractivity contribution in [2.45, 2.75) is 172 Å². The summed E-state index contributed by atoms with van der Waals surface area (Å²) >= 11 is 0. The van der Waals surface area contributed by atoms with Crippen LogP contribution in [0.2, 0.25) is 0 Å². The molecule has 4 heterocycles. The summed E-state index contributed by atoms with van der Waals surface area (Å²) in [5, 5.41) is 18.5. The quantitative estimate of drug-likeness (QED) is 0.0519. The molecule has 68 heavy (non-hydrogen) atoms. The summed E-state index contributed by atoms with van der Waals surface area (Å²) in [6.07, 6.45) is -7.31. The zero-order valence-corrected chi connectivity index (χ0v) is 40.6. The van der Waals surface area contributed by atoms with E-state index in [1.807, 2.05) is 0 Å². The normalized spacial score (nSPS) is 26.3. The van der Waals surface area contributed by atoms with Gasteiger partial charge >= 0.3 is 12.1 Å². The minimum atomic E-state index is -0.953. The van der Waals surface area contributed by atoms with Crippen LogP contribution in [0.15, 0.2) is 0 Å². The van der Waals surface area contributed by atoms with Crippen molar-refractivity contribution in [2.75, 3.05) is 54.1 Å². The molecule has 7 N–H and O–H groups in total. The molecule has 386 valence electrons. The number of alkyl carbamates (subject to hydrolysis) is 1. The van der Waals surface area contributed by atoms with Gasteiger partial charge in [-0.3, -0.25) is 33.6 Å². The Hall–Kier alpha value is -4.76. The first-order valence-corrected chi connectivity index (χ1v) is 22.7. The molecule has 4 aliphatic rings. The molecule has 4 saturated heterocycles. The number of nitrogens with one attached hydrogen (secondary N) is 7. The van der Waals surface area contributed by atoms with Crippen LogP contribution in [0.25, 0.3) is 0 Å². The van der Waals surface area contributed by atoms with E-state index < -0.39 is 126 Å². The van der Waals surface area contributed by atoms with Crippen LogP contribution in [-0.2, 0) is 80.9 Å². The van der Waals surface area contributed by atoms with E-state index >= 15 is 0 Å². The van der Waals surface area contributed by atoms with Gasteiger partial charge in [0.25, 0.3) is 0 Å².